The Bertz CT molecular complexity index is 661. The molecule has 1 unspecified atom stereocenters. The van der Waals surface area contributed by atoms with Gasteiger partial charge in [0.2, 0.25) is 0 Å². The molecule has 0 amide bonds. The van der Waals surface area contributed by atoms with E-state index in [2.05, 4.69) is 39.2 Å². The lowest BCUT2D eigenvalue weighted by molar-refractivity contribution is 0.378. The van der Waals surface area contributed by atoms with Crippen molar-refractivity contribution in [2.75, 3.05) is 24.5 Å². The van der Waals surface area contributed by atoms with E-state index in [1.54, 1.807) is 6.33 Å². The van der Waals surface area contributed by atoms with Crippen molar-refractivity contribution in [2.24, 2.45) is 5.92 Å². The van der Waals surface area contributed by atoms with Crippen LogP contribution in [0, 0.1) is 5.92 Å². The molecule has 114 valence electrons. The lowest BCUT2D eigenvalue weighted by Crippen LogP contribution is -2.41. The van der Waals surface area contributed by atoms with Crippen molar-refractivity contribution in [2.45, 2.75) is 32.7 Å². The van der Waals surface area contributed by atoms with E-state index in [9.17, 15) is 4.79 Å². The van der Waals surface area contributed by atoms with Gasteiger partial charge in [-0.1, -0.05) is 13.8 Å². The summed E-state index contributed by atoms with van der Waals surface area (Å²) in [7, 11) is 0. The van der Waals surface area contributed by atoms with Crippen LogP contribution >= 0.6 is 0 Å². The topological polar surface area (TPSA) is 78.3 Å². The molecule has 3 heterocycles. The number of nitrogens with zero attached hydrogens (tertiary/aromatic N) is 4. The van der Waals surface area contributed by atoms with Crippen molar-refractivity contribution in [1.82, 2.24) is 24.9 Å². The van der Waals surface area contributed by atoms with Crippen LogP contribution in [0.5, 0.6) is 0 Å². The number of aromatic nitrogens is 4. The molecule has 1 saturated heterocycles. The van der Waals surface area contributed by atoms with Gasteiger partial charge >= 0.3 is 5.69 Å². The van der Waals surface area contributed by atoms with Crippen LogP contribution in [0.25, 0.3) is 5.65 Å². The molecule has 1 fully saturated rings. The number of aromatic amines is 1. The van der Waals surface area contributed by atoms with Crippen molar-refractivity contribution in [3.05, 3.63) is 22.9 Å². The molecular formula is C14H22N6O. The summed E-state index contributed by atoms with van der Waals surface area (Å²) >= 11 is 0. The molecule has 1 atom stereocenters. The first-order chi connectivity index (χ1) is 10.1. The van der Waals surface area contributed by atoms with Crippen LogP contribution in [0.15, 0.2) is 17.2 Å². The van der Waals surface area contributed by atoms with E-state index >= 15 is 0 Å². The number of rotatable bonds is 4. The first-order valence-corrected chi connectivity index (χ1v) is 7.54. The monoisotopic (exact) mass is 290 g/mol. The maximum absolute atomic E-state index is 11.5. The average Bonchev–Trinajstić information content (AvgIpc) is 2.86. The van der Waals surface area contributed by atoms with E-state index in [0.29, 0.717) is 17.6 Å². The largest absolute Gasteiger partial charge is 0.356 e. The Morgan fingerprint density at radius 3 is 3.19 bits per heavy atom. The molecule has 2 aromatic heterocycles. The standard InChI is InChI=1S/C14H22N6O/c1-10(2)15-7-11-4-3-5-19(8-11)12-6-13-17-18-14(21)20(13)9-16-12/h6,9-11,15H,3-5,7-8H2,1-2H3,(H,18,21). The highest BCUT2D eigenvalue weighted by atomic mass is 16.1. The van der Waals surface area contributed by atoms with Gasteiger partial charge in [-0.25, -0.2) is 19.3 Å². The summed E-state index contributed by atoms with van der Waals surface area (Å²) in [5, 5.41) is 9.95. The summed E-state index contributed by atoms with van der Waals surface area (Å²) in [6, 6.07) is 2.39. The molecule has 0 aliphatic carbocycles. The lowest BCUT2D eigenvalue weighted by Gasteiger charge is -2.34. The van der Waals surface area contributed by atoms with Crippen molar-refractivity contribution in [3.8, 4) is 0 Å². The Hall–Kier alpha value is -1.89. The smallest absolute Gasteiger partial charge is 0.348 e. The maximum atomic E-state index is 11.5. The predicted molar refractivity (Wildman–Crippen MR) is 81.7 cm³/mol. The Balaban J connectivity index is 1.73. The fourth-order valence-electron chi connectivity index (χ4n) is 2.81. The van der Waals surface area contributed by atoms with Gasteiger partial charge in [0.1, 0.15) is 12.1 Å². The third kappa shape index (κ3) is 3.07. The zero-order valence-corrected chi connectivity index (χ0v) is 12.5. The lowest BCUT2D eigenvalue weighted by atomic mass is 9.98. The zero-order valence-electron chi connectivity index (χ0n) is 12.5. The molecule has 0 aromatic carbocycles. The second-order valence-corrected chi connectivity index (χ2v) is 6.02. The quantitative estimate of drug-likeness (QED) is 0.863. The van der Waals surface area contributed by atoms with Crippen molar-refractivity contribution in [1.29, 1.82) is 0 Å². The minimum absolute atomic E-state index is 0.248. The van der Waals surface area contributed by atoms with E-state index in [0.717, 1.165) is 25.5 Å². The zero-order chi connectivity index (χ0) is 14.8. The molecule has 1 aliphatic heterocycles. The number of hydrogen-bond acceptors (Lipinski definition) is 5. The van der Waals surface area contributed by atoms with Crippen LogP contribution in [0.2, 0.25) is 0 Å². The van der Waals surface area contributed by atoms with Gasteiger partial charge in [0.25, 0.3) is 0 Å². The van der Waals surface area contributed by atoms with Gasteiger partial charge in [0.15, 0.2) is 5.65 Å². The van der Waals surface area contributed by atoms with E-state index in [4.69, 9.17) is 0 Å². The van der Waals surface area contributed by atoms with Crippen LogP contribution < -0.4 is 15.9 Å². The van der Waals surface area contributed by atoms with E-state index in [-0.39, 0.29) is 5.69 Å². The molecule has 1 aliphatic rings. The maximum Gasteiger partial charge on any atom is 0.348 e. The molecule has 0 bridgehead atoms. The highest BCUT2D eigenvalue weighted by Crippen LogP contribution is 2.21. The summed E-state index contributed by atoms with van der Waals surface area (Å²) in [5.74, 6) is 1.54. The number of nitrogens with one attached hydrogen (secondary N) is 2. The number of piperidine rings is 1. The number of fused-ring (bicyclic) bond motifs is 1. The highest BCUT2D eigenvalue weighted by Gasteiger charge is 2.21. The van der Waals surface area contributed by atoms with Gasteiger partial charge in [-0.2, -0.15) is 5.10 Å². The van der Waals surface area contributed by atoms with Crippen LogP contribution in [-0.4, -0.2) is 45.3 Å². The van der Waals surface area contributed by atoms with Gasteiger partial charge in [0, 0.05) is 25.2 Å². The van der Waals surface area contributed by atoms with E-state index in [1.165, 1.54) is 17.2 Å². The van der Waals surface area contributed by atoms with E-state index < -0.39 is 0 Å². The molecule has 0 saturated carbocycles. The predicted octanol–water partition coefficient (Wildman–Crippen LogP) is 0.632. The highest BCUT2D eigenvalue weighted by molar-refractivity contribution is 5.50. The number of H-pyrrole nitrogens is 1. The Morgan fingerprint density at radius 1 is 1.52 bits per heavy atom. The fourth-order valence-corrected chi connectivity index (χ4v) is 2.81. The normalized spacial score (nSPS) is 19.6. The SMILES string of the molecule is CC(C)NCC1CCCN(c2cc3n[nH]c(=O)n3cn2)C1. The summed E-state index contributed by atoms with van der Waals surface area (Å²) in [5.41, 5.74) is 0.370. The Labute approximate surface area is 123 Å². The van der Waals surface area contributed by atoms with Crippen molar-refractivity contribution >= 4 is 11.5 Å². The Morgan fingerprint density at radius 2 is 2.38 bits per heavy atom. The van der Waals surface area contributed by atoms with Crippen molar-refractivity contribution in [3.63, 3.8) is 0 Å². The fraction of sp³-hybridized carbons (Fsp3) is 0.643. The average molecular weight is 290 g/mol. The van der Waals surface area contributed by atoms with Gasteiger partial charge in [-0.15, -0.1) is 0 Å². The molecule has 3 rings (SSSR count). The van der Waals surface area contributed by atoms with Crippen LogP contribution in [0.1, 0.15) is 26.7 Å². The summed E-state index contributed by atoms with van der Waals surface area (Å²) in [6.45, 7) is 7.39. The second-order valence-electron chi connectivity index (χ2n) is 6.02. The molecule has 7 nitrogen and oxygen atoms in total. The van der Waals surface area contributed by atoms with Gasteiger partial charge in [-0.05, 0) is 25.3 Å². The van der Waals surface area contributed by atoms with Crippen LogP contribution in [0.3, 0.4) is 0 Å². The first kappa shape index (κ1) is 14.1. The van der Waals surface area contributed by atoms with Gasteiger partial charge in [0.05, 0.1) is 0 Å². The molecule has 0 radical (unpaired) electrons. The molecular weight excluding hydrogens is 268 g/mol. The first-order valence-electron chi connectivity index (χ1n) is 7.54. The summed E-state index contributed by atoms with van der Waals surface area (Å²) in [6.07, 6.45) is 3.97. The van der Waals surface area contributed by atoms with Gasteiger partial charge in [-0.3, -0.25) is 0 Å². The molecule has 0 spiro atoms. The van der Waals surface area contributed by atoms with Crippen LogP contribution in [0.4, 0.5) is 5.82 Å². The van der Waals surface area contributed by atoms with Crippen molar-refractivity contribution < 1.29 is 0 Å². The molecule has 7 heteroatoms. The van der Waals surface area contributed by atoms with E-state index in [1.807, 2.05) is 6.07 Å². The minimum atomic E-state index is -0.248. The number of anilines is 1. The number of hydrogen-bond donors (Lipinski definition) is 2. The summed E-state index contributed by atoms with van der Waals surface area (Å²) in [4.78, 5) is 18.1. The summed E-state index contributed by atoms with van der Waals surface area (Å²) < 4.78 is 1.42. The Kier molecular flexibility index (Phi) is 3.92. The third-order valence-corrected chi connectivity index (χ3v) is 3.95. The van der Waals surface area contributed by atoms with Gasteiger partial charge < -0.3 is 10.2 Å². The second kappa shape index (κ2) is 5.85. The molecule has 2 aromatic rings. The molecule has 21 heavy (non-hydrogen) atoms. The molecule has 2 N–H and O–H groups in total. The minimum Gasteiger partial charge on any atom is -0.356 e. The third-order valence-electron chi connectivity index (χ3n) is 3.95. The van der Waals surface area contributed by atoms with Crippen LogP contribution in [-0.2, 0) is 0 Å².